The van der Waals surface area contributed by atoms with E-state index in [2.05, 4.69) is 0 Å². The largest absolute Gasteiger partial charge is 0.481 e. The Labute approximate surface area is 95.5 Å². The molecule has 0 bridgehead atoms. The fraction of sp³-hybridized carbons (Fsp3) is 0.778. The minimum Gasteiger partial charge on any atom is -0.481 e. The van der Waals surface area contributed by atoms with Gasteiger partial charge in [0.25, 0.3) is 0 Å². The Morgan fingerprint density at radius 3 is 2.50 bits per heavy atom. The van der Waals surface area contributed by atoms with Crippen LogP contribution in [0.2, 0.25) is 0 Å². The maximum atomic E-state index is 11.7. The van der Waals surface area contributed by atoms with Crippen molar-refractivity contribution in [3.8, 4) is 6.07 Å². The molecule has 0 aromatic carbocycles. The highest BCUT2D eigenvalue weighted by atomic mass is 32.2. The van der Waals surface area contributed by atoms with Crippen LogP contribution in [0, 0.1) is 11.3 Å². The van der Waals surface area contributed by atoms with Gasteiger partial charge in [-0.3, -0.25) is 4.79 Å². The predicted octanol–water partition coefficient (Wildman–Crippen LogP) is 0.415. The van der Waals surface area contributed by atoms with Gasteiger partial charge in [-0.05, 0) is 12.8 Å². The minimum atomic E-state index is -3.62. The van der Waals surface area contributed by atoms with Crippen LogP contribution in [0.4, 0.5) is 0 Å². The van der Waals surface area contributed by atoms with Gasteiger partial charge in [-0.25, -0.2) is 12.7 Å². The summed E-state index contributed by atoms with van der Waals surface area (Å²) in [6.45, 7) is 1.74. The van der Waals surface area contributed by atoms with Crippen molar-refractivity contribution in [1.82, 2.24) is 4.31 Å². The van der Waals surface area contributed by atoms with Gasteiger partial charge < -0.3 is 5.11 Å². The highest BCUT2D eigenvalue weighted by Gasteiger charge is 2.27. The molecule has 0 spiro atoms. The smallest absolute Gasteiger partial charge is 0.303 e. The second kappa shape index (κ2) is 6.45. The Bertz CT molecular complexity index is 371. The average Bonchev–Trinajstić information content (AvgIpc) is 2.18. The number of nitriles is 1. The van der Waals surface area contributed by atoms with Crippen LogP contribution in [0.5, 0.6) is 0 Å². The van der Waals surface area contributed by atoms with Gasteiger partial charge in [-0.15, -0.1) is 0 Å². The Hall–Kier alpha value is -1.13. The number of carbonyl (C=O) groups is 1. The van der Waals surface area contributed by atoms with E-state index in [1.807, 2.05) is 0 Å². The van der Waals surface area contributed by atoms with Crippen molar-refractivity contribution in [2.24, 2.45) is 0 Å². The number of aliphatic carboxylic acids is 1. The molecule has 7 heteroatoms. The molecule has 1 unspecified atom stereocenters. The van der Waals surface area contributed by atoms with E-state index in [-0.39, 0.29) is 25.8 Å². The molecule has 0 amide bonds. The fourth-order valence-electron chi connectivity index (χ4n) is 1.17. The zero-order valence-electron chi connectivity index (χ0n) is 9.38. The summed E-state index contributed by atoms with van der Waals surface area (Å²) in [6.07, 6.45) is 0.387. The molecule has 0 aromatic heterocycles. The van der Waals surface area contributed by atoms with Crippen LogP contribution in [0.3, 0.4) is 0 Å². The van der Waals surface area contributed by atoms with Crippen LogP contribution in [0.15, 0.2) is 0 Å². The maximum Gasteiger partial charge on any atom is 0.303 e. The van der Waals surface area contributed by atoms with Crippen LogP contribution < -0.4 is 0 Å². The van der Waals surface area contributed by atoms with Gasteiger partial charge in [0.15, 0.2) is 5.25 Å². The van der Waals surface area contributed by atoms with Gasteiger partial charge in [0.1, 0.15) is 0 Å². The Kier molecular flexibility index (Phi) is 6.00. The molecule has 0 saturated carbocycles. The molecule has 0 rings (SSSR count). The Morgan fingerprint density at radius 1 is 1.56 bits per heavy atom. The standard InChI is InChI=1S/C9H16N2O4S/c1-3-8(7-10)16(14,15)11(2)6-4-5-9(12)13/h8H,3-6H2,1-2H3,(H,12,13). The molecule has 0 aliphatic heterocycles. The van der Waals surface area contributed by atoms with Gasteiger partial charge >= 0.3 is 5.97 Å². The summed E-state index contributed by atoms with van der Waals surface area (Å²) in [5, 5.41) is 16.0. The minimum absolute atomic E-state index is 0.0802. The first kappa shape index (κ1) is 14.9. The molecule has 6 nitrogen and oxygen atoms in total. The highest BCUT2D eigenvalue weighted by Crippen LogP contribution is 2.10. The number of hydrogen-bond acceptors (Lipinski definition) is 4. The summed E-state index contributed by atoms with van der Waals surface area (Å²) < 4.78 is 24.5. The SMILES string of the molecule is CCC(C#N)S(=O)(=O)N(C)CCCC(=O)O. The quantitative estimate of drug-likeness (QED) is 0.703. The third-order valence-electron chi connectivity index (χ3n) is 2.17. The van der Waals surface area contributed by atoms with E-state index in [0.29, 0.717) is 0 Å². The summed E-state index contributed by atoms with van der Waals surface area (Å²) in [7, 11) is -2.26. The summed E-state index contributed by atoms with van der Waals surface area (Å²) >= 11 is 0. The summed E-state index contributed by atoms with van der Waals surface area (Å²) in [4.78, 5) is 10.3. The number of carboxylic acid groups (broad SMARTS) is 1. The summed E-state index contributed by atoms with van der Waals surface area (Å²) in [5.41, 5.74) is 0. The van der Waals surface area contributed by atoms with Gasteiger partial charge in [0.05, 0.1) is 6.07 Å². The molecule has 1 N–H and O–H groups in total. The number of rotatable bonds is 7. The molecular weight excluding hydrogens is 232 g/mol. The second-order valence-electron chi connectivity index (χ2n) is 3.39. The first-order valence-electron chi connectivity index (χ1n) is 4.92. The van der Waals surface area contributed by atoms with Crippen LogP contribution >= 0.6 is 0 Å². The molecule has 0 heterocycles. The van der Waals surface area contributed by atoms with Crippen LogP contribution in [0.1, 0.15) is 26.2 Å². The molecule has 0 radical (unpaired) electrons. The van der Waals surface area contributed by atoms with Gasteiger partial charge in [0.2, 0.25) is 10.0 Å². The van der Waals surface area contributed by atoms with Crippen molar-refractivity contribution in [1.29, 1.82) is 5.26 Å². The molecule has 92 valence electrons. The average molecular weight is 248 g/mol. The molecule has 16 heavy (non-hydrogen) atoms. The Morgan fingerprint density at radius 2 is 2.12 bits per heavy atom. The predicted molar refractivity (Wildman–Crippen MR) is 58.1 cm³/mol. The van der Waals surface area contributed by atoms with Crippen LogP contribution in [-0.2, 0) is 14.8 Å². The van der Waals surface area contributed by atoms with Crippen LogP contribution in [0.25, 0.3) is 0 Å². The van der Waals surface area contributed by atoms with E-state index in [0.717, 1.165) is 4.31 Å². The lowest BCUT2D eigenvalue weighted by molar-refractivity contribution is -0.137. The normalized spacial score (nSPS) is 13.4. The highest BCUT2D eigenvalue weighted by molar-refractivity contribution is 7.89. The van der Waals surface area contributed by atoms with Gasteiger partial charge in [-0.1, -0.05) is 6.92 Å². The third kappa shape index (κ3) is 4.16. The molecule has 0 aliphatic rings. The molecule has 0 aliphatic carbocycles. The summed E-state index contributed by atoms with van der Waals surface area (Å²) in [6, 6.07) is 1.73. The lowest BCUT2D eigenvalue weighted by atomic mass is 10.3. The molecular formula is C9H16N2O4S. The Balaban J connectivity index is 4.42. The number of nitrogens with zero attached hydrogens (tertiary/aromatic N) is 2. The first-order chi connectivity index (χ1) is 7.36. The zero-order valence-corrected chi connectivity index (χ0v) is 10.2. The van der Waals surface area contributed by atoms with Crippen molar-refractivity contribution in [3.63, 3.8) is 0 Å². The van der Waals surface area contributed by atoms with Gasteiger partial charge in [-0.2, -0.15) is 5.26 Å². The lowest BCUT2D eigenvalue weighted by Gasteiger charge is -2.19. The monoisotopic (exact) mass is 248 g/mol. The van der Waals surface area contributed by atoms with Crippen molar-refractivity contribution in [3.05, 3.63) is 0 Å². The fourth-order valence-corrected chi connectivity index (χ4v) is 2.54. The molecule has 0 saturated heterocycles. The van der Waals surface area contributed by atoms with E-state index in [4.69, 9.17) is 10.4 Å². The van der Waals surface area contributed by atoms with Crippen molar-refractivity contribution in [2.75, 3.05) is 13.6 Å². The van der Waals surface area contributed by atoms with Crippen LogP contribution in [-0.4, -0.2) is 42.6 Å². The zero-order chi connectivity index (χ0) is 12.8. The van der Waals surface area contributed by atoms with Crippen molar-refractivity contribution in [2.45, 2.75) is 31.4 Å². The molecule has 0 fully saturated rings. The van der Waals surface area contributed by atoms with Gasteiger partial charge in [0, 0.05) is 20.0 Å². The van der Waals surface area contributed by atoms with E-state index in [9.17, 15) is 13.2 Å². The number of hydrogen-bond donors (Lipinski definition) is 1. The lowest BCUT2D eigenvalue weighted by Crippen LogP contribution is -2.35. The van der Waals surface area contributed by atoms with Crippen molar-refractivity contribution >= 4 is 16.0 Å². The van der Waals surface area contributed by atoms with E-state index < -0.39 is 21.2 Å². The number of sulfonamides is 1. The summed E-state index contributed by atoms with van der Waals surface area (Å²) in [5.74, 6) is -0.960. The topological polar surface area (TPSA) is 98.5 Å². The molecule has 1 atom stereocenters. The third-order valence-corrected chi connectivity index (χ3v) is 4.38. The first-order valence-corrected chi connectivity index (χ1v) is 6.43. The van der Waals surface area contributed by atoms with E-state index in [1.165, 1.54) is 7.05 Å². The van der Waals surface area contributed by atoms with E-state index in [1.54, 1.807) is 13.0 Å². The maximum absolute atomic E-state index is 11.7. The number of carboxylic acids is 1. The molecule has 0 aromatic rings. The van der Waals surface area contributed by atoms with Crippen molar-refractivity contribution < 1.29 is 18.3 Å². The second-order valence-corrected chi connectivity index (χ2v) is 5.61. The van der Waals surface area contributed by atoms with E-state index >= 15 is 0 Å².